The number of rotatable bonds is 5. The van der Waals surface area contributed by atoms with Gasteiger partial charge in [0.1, 0.15) is 0 Å². The molecule has 21 heavy (non-hydrogen) atoms. The van der Waals surface area contributed by atoms with E-state index in [4.69, 9.17) is 0 Å². The number of nitrogens with zero attached hydrogens (tertiary/aromatic N) is 2. The minimum atomic E-state index is -0.849. The summed E-state index contributed by atoms with van der Waals surface area (Å²) in [5, 5.41) is 7.54. The molecule has 0 amide bonds. The van der Waals surface area contributed by atoms with Crippen molar-refractivity contribution in [3.05, 3.63) is 15.6 Å². The smallest absolute Gasteiger partial charge is 0.191 e. The molecule has 1 atom stereocenters. The highest BCUT2D eigenvalue weighted by molar-refractivity contribution is 7.86. The van der Waals surface area contributed by atoms with Gasteiger partial charge in [-0.15, -0.1) is 11.3 Å². The van der Waals surface area contributed by atoms with Crippen LogP contribution in [0, 0.1) is 13.8 Å². The number of aryl methyl sites for hydroxylation is 2. The Hall–Kier alpha value is -0.950. The third kappa shape index (κ3) is 6.13. The molecule has 0 aliphatic carbocycles. The first kappa shape index (κ1) is 18.1. The summed E-state index contributed by atoms with van der Waals surface area (Å²) in [6.07, 6.45) is 0. The predicted octanol–water partition coefficient (Wildman–Crippen LogP) is 1.97. The maximum absolute atomic E-state index is 12.0. The molecule has 0 fully saturated rings. The molecule has 2 N–H and O–H groups in total. The molecule has 0 spiro atoms. The van der Waals surface area contributed by atoms with Gasteiger partial charge in [-0.2, -0.15) is 0 Å². The Labute approximate surface area is 134 Å². The first-order chi connectivity index (χ1) is 9.74. The minimum absolute atomic E-state index is 0.171. The summed E-state index contributed by atoms with van der Waals surface area (Å²) >= 11 is 1.69. The second-order valence-electron chi connectivity index (χ2n) is 5.76. The number of hydrogen-bond acceptors (Lipinski definition) is 4. The molecule has 0 radical (unpaired) electrons. The third-order valence-corrected chi connectivity index (χ3v) is 5.92. The molecule has 0 saturated heterocycles. The summed E-state index contributed by atoms with van der Waals surface area (Å²) < 4.78 is 11.8. The summed E-state index contributed by atoms with van der Waals surface area (Å²) in [6.45, 7) is 11.4. The van der Waals surface area contributed by atoms with Gasteiger partial charge in [-0.05, 0) is 34.6 Å². The van der Waals surface area contributed by atoms with E-state index in [1.807, 2.05) is 34.6 Å². The van der Waals surface area contributed by atoms with Gasteiger partial charge in [0.25, 0.3) is 0 Å². The molecular weight excluding hydrogens is 304 g/mol. The Morgan fingerprint density at radius 3 is 2.48 bits per heavy atom. The molecule has 0 saturated carbocycles. The van der Waals surface area contributed by atoms with Gasteiger partial charge in [0.15, 0.2) is 5.96 Å². The Morgan fingerprint density at radius 1 is 1.33 bits per heavy atom. The van der Waals surface area contributed by atoms with E-state index in [1.54, 1.807) is 18.4 Å². The summed E-state index contributed by atoms with van der Waals surface area (Å²) in [5.74, 6) is 1.34. The fraction of sp³-hybridized carbons (Fsp3) is 0.714. The van der Waals surface area contributed by atoms with Gasteiger partial charge in [-0.1, -0.05) is 0 Å². The van der Waals surface area contributed by atoms with Crippen molar-refractivity contribution in [3.63, 3.8) is 0 Å². The summed E-state index contributed by atoms with van der Waals surface area (Å²) in [5.41, 5.74) is 1.06. The number of aliphatic imine (C=N–C) groups is 1. The van der Waals surface area contributed by atoms with E-state index in [-0.39, 0.29) is 4.75 Å². The molecule has 0 aliphatic rings. The van der Waals surface area contributed by atoms with Crippen LogP contribution in [0.3, 0.4) is 0 Å². The number of guanidine groups is 1. The lowest BCUT2D eigenvalue weighted by Gasteiger charge is -2.18. The van der Waals surface area contributed by atoms with Gasteiger partial charge < -0.3 is 10.6 Å². The zero-order valence-corrected chi connectivity index (χ0v) is 15.4. The molecule has 1 heterocycles. The van der Waals surface area contributed by atoms with E-state index in [0.717, 1.165) is 16.7 Å². The number of hydrogen-bond donors (Lipinski definition) is 2. The van der Waals surface area contributed by atoms with E-state index < -0.39 is 10.8 Å². The molecule has 7 heteroatoms. The molecule has 120 valence electrons. The maximum Gasteiger partial charge on any atom is 0.191 e. The van der Waals surface area contributed by atoms with Crippen LogP contribution < -0.4 is 10.6 Å². The lowest BCUT2D eigenvalue weighted by molar-refractivity contribution is 0.647. The van der Waals surface area contributed by atoms with Gasteiger partial charge >= 0.3 is 0 Å². The zero-order valence-electron chi connectivity index (χ0n) is 13.7. The summed E-state index contributed by atoms with van der Waals surface area (Å²) in [4.78, 5) is 9.80. The molecule has 0 aliphatic heterocycles. The first-order valence-electron chi connectivity index (χ1n) is 7.00. The Kier molecular flexibility index (Phi) is 6.80. The van der Waals surface area contributed by atoms with Crippen LogP contribution >= 0.6 is 11.3 Å². The van der Waals surface area contributed by atoms with E-state index >= 15 is 0 Å². The van der Waals surface area contributed by atoms with Gasteiger partial charge in [0.2, 0.25) is 0 Å². The van der Waals surface area contributed by atoms with Crippen molar-refractivity contribution in [2.24, 2.45) is 4.99 Å². The van der Waals surface area contributed by atoms with Crippen molar-refractivity contribution in [2.75, 3.05) is 19.3 Å². The van der Waals surface area contributed by atoms with E-state index in [1.165, 1.54) is 4.88 Å². The quantitative estimate of drug-likeness (QED) is 0.640. The van der Waals surface area contributed by atoms with Crippen molar-refractivity contribution in [1.82, 2.24) is 15.6 Å². The second-order valence-corrected chi connectivity index (χ2v) is 9.37. The van der Waals surface area contributed by atoms with Crippen molar-refractivity contribution in [2.45, 2.75) is 45.9 Å². The molecule has 1 unspecified atom stereocenters. The zero-order chi connectivity index (χ0) is 16.0. The number of thiazole rings is 1. The molecule has 1 aromatic heterocycles. The third-order valence-electron chi connectivity index (χ3n) is 2.90. The van der Waals surface area contributed by atoms with Crippen LogP contribution in [-0.4, -0.2) is 39.2 Å². The van der Waals surface area contributed by atoms with Crippen LogP contribution in [0.2, 0.25) is 0 Å². The highest BCUT2D eigenvalue weighted by Gasteiger charge is 2.18. The van der Waals surface area contributed by atoms with Crippen molar-refractivity contribution in [3.8, 4) is 0 Å². The van der Waals surface area contributed by atoms with E-state index in [0.29, 0.717) is 18.8 Å². The van der Waals surface area contributed by atoms with Crippen LogP contribution in [0.4, 0.5) is 0 Å². The van der Waals surface area contributed by atoms with Gasteiger partial charge in [0, 0.05) is 39.8 Å². The minimum Gasteiger partial charge on any atom is -0.355 e. The molecule has 1 rings (SSSR count). The molecule has 1 aromatic rings. The second kappa shape index (κ2) is 7.89. The van der Waals surface area contributed by atoms with Crippen LogP contribution in [0.1, 0.15) is 36.3 Å². The van der Waals surface area contributed by atoms with Crippen LogP contribution in [0.15, 0.2) is 4.99 Å². The Balaban J connectivity index is 2.40. The number of aromatic nitrogens is 1. The normalized spacial score (nSPS) is 14.1. The van der Waals surface area contributed by atoms with Crippen LogP contribution in [0.25, 0.3) is 0 Å². The highest BCUT2D eigenvalue weighted by Crippen LogP contribution is 2.16. The summed E-state index contributed by atoms with van der Waals surface area (Å²) in [6, 6.07) is 0. The largest absolute Gasteiger partial charge is 0.355 e. The van der Waals surface area contributed by atoms with Crippen LogP contribution in [0.5, 0.6) is 0 Å². The highest BCUT2D eigenvalue weighted by atomic mass is 32.2. The monoisotopic (exact) mass is 330 g/mol. The lowest BCUT2D eigenvalue weighted by atomic mass is 10.3. The molecular formula is C14H26N4OS2. The standard InChI is InChI=1S/C14H26N4OS2/c1-10-12(20-11(2)18-10)9-17-13(15-6)16-7-8-21(19)14(3,4)5/h7-9H2,1-6H3,(H2,15,16,17). The SMILES string of the molecule is CN=C(NCCS(=O)C(C)(C)C)NCc1sc(C)nc1C. The van der Waals surface area contributed by atoms with Crippen molar-refractivity contribution >= 4 is 28.1 Å². The van der Waals surface area contributed by atoms with Gasteiger partial charge in [-0.3, -0.25) is 9.20 Å². The van der Waals surface area contributed by atoms with E-state index in [2.05, 4.69) is 20.6 Å². The Bertz CT molecular complexity index is 518. The van der Waals surface area contributed by atoms with Gasteiger partial charge in [0.05, 0.1) is 17.2 Å². The fourth-order valence-electron chi connectivity index (χ4n) is 1.69. The number of nitrogens with one attached hydrogen (secondary N) is 2. The Morgan fingerprint density at radius 2 is 2.00 bits per heavy atom. The van der Waals surface area contributed by atoms with Crippen molar-refractivity contribution in [1.29, 1.82) is 0 Å². The van der Waals surface area contributed by atoms with Gasteiger partial charge in [-0.25, -0.2) is 4.98 Å². The lowest BCUT2D eigenvalue weighted by Crippen LogP contribution is -2.40. The fourth-order valence-corrected chi connectivity index (χ4v) is 3.47. The average Bonchev–Trinajstić information content (AvgIpc) is 2.70. The first-order valence-corrected chi connectivity index (χ1v) is 9.13. The summed E-state index contributed by atoms with van der Waals surface area (Å²) in [7, 11) is 0.888. The van der Waals surface area contributed by atoms with E-state index in [9.17, 15) is 4.21 Å². The molecule has 5 nitrogen and oxygen atoms in total. The topological polar surface area (TPSA) is 66.4 Å². The average molecular weight is 331 g/mol. The predicted molar refractivity (Wildman–Crippen MR) is 92.6 cm³/mol. The van der Waals surface area contributed by atoms with Crippen LogP contribution in [-0.2, 0) is 17.3 Å². The molecule has 0 bridgehead atoms. The molecule has 0 aromatic carbocycles. The van der Waals surface area contributed by atoms with Crippen molar-refractivity contribution < 1.29 is 4.21 Å². The maximum atomic E-state index is 12.0.